The van der Waals surface area contributed by atoms with Crippen molar-refractivity contribution >= 4 is 0 Å². The minimum absolute atomic E-state index is 0.209. The quantitative estimate of drug-likeness (QED) is 0.800. The van der Waals surface area contributed by atoms with Gasteiger partial charge in [0.2, 0.25) is 0 Å². The molecule has 3 heteroatoms. The minimum Gasteiger partial charge on any atom is -0.299 e. The van der Waals surface area contributed by atoms with E-state index in [1.54, 1.807) is 6.07 Å². The third-order valence-corrected chi connectivity index (χ3v) is 3.78. The van der Waals surface area contributed by atoms with E-state index in [-0.39, 0.29) is 5.82 Å². The molecule has 96 valence electrons. The molecule has 0 aromatic heterocycles. The standard InChI is InChI=1S/C15H19FN2/c1-15(2)5-7-18(8-6-15)11-13-9-12(10-17)3-4-14(13)16/h3-4,9H,5-8,11H2,1-2H3. The molecule has 1 heterocycles. The van der Waals surface area contributed by atoms with Crippen molar-refractivity contribution in [3.8, 4) is 6.07 Å². The van der Waals surface area contributed by atoms with Crippen LogP contribution in [0.25, 0.3) is 0 Å². The van der Waals surface area contributed by atoms with Gasteiger partial charge in [0.05, 0.1) is 11.6 Å². The molecule has 0 radical (unpaired) electrons. The zero-order valence-electron chi connectivity index (χ0n) is 11.0. The first-order valence-corrected chi connectivity index (χ1v) is 6.41. The smallest absolute Gasteiger partial charge is 0.127 e. The van der Waals surface area contributed by atoms with Crippen molar-refractivity contribution < 1.29 is 4.39 Å². The molecule has 1 aliphatic rings. The lowest BCUT2D eigenvalue weighted by atomic mass is 9.82. The Kier molecular flexibility index (Phi) is 3.68. The summed E-state index contributed by atoms with van der Waals surface area (Å²) in [5.41, 5.74) is 1.57. The Balaban J connectivity index is 2.04. The Morgan fingerprint density at radius 2 is 2.00 bits per heavy atom. The first kappa shape index (κ1) is 13.0. The van der Waals surface area contributed by atoms with Gasteiger partial charge in [-0.1, -0.05) is 13.8 Å². The maximum absolute atomic E-state index is 13.7. The molecule has 0 bridgehead atoms. The van der Waals surface area contributed by atoms with Gasteiger partial charge in [0.15, 0.2) is 0 Å². The Bertz CT molecular complexity index is 464. The predicted octanol–water partition coefficient (Wildman–Crippen LogP) is 3.32. The van der Waals surface area contributed by atoms with E-state index >= 15 is 0 Å². The fourth-order valence-electron chi connectivity index (χ4n) is 2.32. The number of rotatable bonds is 2. The molecule has 18 heavy (non-hydrogen) atoms. The third-order valence-electron chi connectivity index (χ3n) is 3.78. The van der Waals surface area contributed by atoms with Crippen LogP contribution in [-0.2, 0) is 6.54 Å². The van der Waals surface area contributed by atoms with Crippen LogP contribution in [0, 0.1) is 22.6 Å². The summed E-state index contributed by atoms with van der Waals surface area (Å²) in [4.78, 5) is 2.27. The van der Waals surface area contributed by atoms with Crippen LogP contribution in [0.1, 0.15) is 37.8 Å². The number of hydrogen-bond donors (Lipinski definition) is 0. The summed E-state index contributed by atoms with van der Waals surface area (Å²) in [6.07, 6.45) is 2.29. The van der Waals surface area contributed by atoms with Gasteiger partial charge in [0.25, 0.3) is 0 Å². The van der Waals surface area contributed by atoms with Crippen molar-refractivity contribution in [2.24, 2.45) is 5.41 Å². The van der Waals surface area contributed by atoms with Gasteiger partial charge < -0.3 is 0 Å². The average molecular weight is 246 g/mol. The number of nitriles is 1. The zero-order valence-corrected chi connectivity index (χ0v) is 11.0. The molecule has 1 fully saturated rings. The van der Waals surface area contributed by atoms with E-state index in [0.717, 1.165) is 25.9 Å². The molecule has 0 spiro atoms. The van der Waals surface area contributed by atoms with Crippen LogP contribution in [0.3, 0.4) is 0 Å². The van der Waals surface area contributed by atoms with Crippen LogP contribution in [0.5, 0.6) is 0 Å². The van der Waals surface area contributed by atoms with Crippen LogP contribution < -0.4 is 0 Å². The highest BCUT2D eigenvalue weighted by atomic mass is 19.1. The molecule has 0 saturated carbocycles. The second-order valence-electron chi connectivity index (χ2n) is 5.86. The maximum atomic E-state index is 13.7. The van der Waals surface area contributed by atoms with Gasteiger partial charge in [-0.3, -0.25) is 4.90 Å². The fraction of sp³-hybridized carbons (Fsp3) is 0.533. The first-order chi connectivity index (χ1) is 8.50. The fourth-order valence-corrected chi connectivity index (χ4v) is 2.32. The van der Waals surface area contributed by atoms with Gasteiger partial charge in [0.1, 0.15) is 5.82 Å². The van der Waals surface area contributed by atoms with Gasteiger partial charge in [-0.15, -0.1) is 0 Å². The van der Waals surface area contributed by atoms with E-state index in [0.29, 0.717) is 23.1 Å². The van der Waals surface area contributed by atoms with E-state index in [2.05, 4.69) is 24.8 Å². The summed E-state index contributed by atoms with van der Waals surface area (Å²) < 4.78 is 13.7. The summed E-state index contributed by atoms with van der Waals surface area (Å²) >= 11 is 0. The molecule has 1 saturated heterocycles. The molecule has 1 aromatic carbocycles. The monoisotopic (exact) mass is 246 g/mol. The van der Waals surface area contributed by atoms with Crippen molar-refractivity contribution in [2.75, 3.05) is 13.1 Å². The Labute approximate surface area is 108 Å². The lowest BCUT2D eigenvalue weighted by molar-refractivity contribution is 0.126. The summed E-state index contributed by atoms with van der Waals surface area (Å²) in [6, 6.07) is 6.64. The van der Waals surface area contributed by atoms with E-state index in [4.69, 9.17) is 5.26 Å². The zero-order chi connectivity index (χ0) is 13.2. The van der Waals surface area contributed by atoms with E-state index in [1.807, 2.05) is 0 Å². The van der Waals surface area contributed by atoms with E-state index in [9.17, 15) is 4.39 Å². The molecule has 0 atom stereocenters. The van der Waals surface area contributed by atoms with Crippen molar-refractivity contribution in [3.05, 3.63) is 35.1 Å². The van der Waals surface area contributed by atoms with Gasteiger partial charge in [-0.25, -0.2) is 4.39 Å². The van der Waals surface area contributed by atoms with Crippen molar-refractivity contribution in [1.29, 1.82) is 5.26 Å². The van der Waals surface area contributed by atoms with Gasteiger partial charge in [0, 0.05) is 12.1 Å². The molecule has 0 aliphatic carbocycles. The number of nitrogens with zero attached hydrogens (tertiary/aromatic N) is 2. The van der Waals surface area contributed by atoms with E-state index in [1.165, 1.54) is 12.1 Å². The maximum Gasteiger partial charge on any atom is 0.127 e. The van der Waals surface area contributed by atoms with E-state index < -0.39 is 0 Å². The largest absolute Gasteiger partial charge is 0.299 e. The normalized spacial score (nSPS) is 19.4. The Morgan fingerprint density at radius 1 is 1.33 bits per heavy atom. The molecule has 2 nitrogen and oxygen atoms in total. The minimum atomic E-state index is -0.209. The van der Waals surface area contributed by atoms with Crippen molar-refractivity contribution in [1.82, 2.24) is 4.90 Å². The highest BCUT2D eigenvalue weighted by Crippen LogP contribution is 2.30. The predicted molar refractivity (Wildman–Crippen MR) is 69.4 cm³/mol. The van der Waals surface area contributed by atoms with Crippen molar-refractivity contribution in [3.63, 3.8) is 0 Å². The van der Waals surface area contributed by atoms with Gasteiger partial charge in [-0.2, -0.15) is 5.26 Å². The van der Waals surface area contributed by atoms with Crippen LogP contribution in [0.15, 0.2) is 18.2 Å². The second kappa shape index (κ2) is 5.07. The summed E-state index contributed by atoms with van der Waals surface area (Å²) in [7, 11) is 0. The number of piperidine rings is 1. The summed E-state index contributed by atoms with van der Waals surface area (Å²) in [6.45, 7) is 7.17. The molecule has 1 aliphatic heterocycles. The topological polar surface area (TPSA) is 27.0 Å². The van der Waals surface area contributed by atoms with Crippen LogP contribution >= 0.6 is 0 Å². The molecular weight excluding hydrogens is 227 g/mol. The molecule has 0 N–H and O–H groups in total. The number of halogens is 1. The van der Waals surface area contributed by atoms with Crippen molar-refractivity contribution in [2.45, 2.75) is 33.2 Å². The molecular formula is C15H19FN2. The van der Waals surface area contributed by atoms with Gasteiger partial charge >= 0.3 is 0 Å². The molecule has 1 aromatic rings. The number of likely N-dealkylation sites (tertiary alicyclic amines) is 1. The number of benzene rings is 1. The average Bonchev–Trinajstić information content (AvgIpc) is 2.34. The molecule has 0 amide bonds. The highest BCUT2D eigenvalue weighted by Gasteiger charge is 2.25. The Hall–Kier alpha value is -1.40. The Morgan fingerprint density at radius 3 is 2.61 bits per heavy atom. The molecule has 0 unspecified atom stereocenters. The molecule has 2 rings (SSSR count). The second-order valence-corrected chi connectivity index (χ2v) is 5.86. The van der Waals surface area contributed by atoms with Gasteiger partial charge in [-0.05, 0) is 49.5 Å². The third kappa shape index (κ3) is 3.08. The highest BCUT2D eigenvalue weighted by molar-refractivity contribution is 5.33. The lowest BCUT2D eigenvalue weighted by Gasteiger charge is -2.36. The lowest BCUT2D eigenvalue weighted by Crippen LogP contribution is -2.36. The summed E-state index contributed by atoms with van der Waals surface area (Å²) in [5, 5.41) is 8.84. The first-order valence-electron chi connectivity index (χ1n) is 6.41. The van der Waals surface area contributed by atoms with Crippen LogP contribution in [0.2, 0.25) is 0 Å². The summed E-state index contributed by atoms with van der Waals surface area (Å²) in [5.74, 6) is -0.209. The van der Waals surface area contributed by atoms with Crippen LogP contribution in [-0.4, -0.2) is 18.0 Å². The SMILES string of the molecule is CC1(C)CCN(Cc2cc(C#N)ccc2F)CC1. The number of hydrogen-bond acceptors (Lipinski definition) is 2. The van der Waals surface area contributed by atoms with Crippen LogP contribution in [0.4, 0.5) is 4.39 Å².